The molecule has 0 fully saturated rings. The number of amides is 2. The molecule has 0 bridgehead atoms. The zero-order valence-corrected chi connectivity index (χ0v) is 17.4. The van der Waals surface area contributed by atoms with Crippen molar-refractivity contribution in [2.75, 3.05) is 4.90 Å². The lowest BCUT2D eigenvalue weighted by atomic mass is 9.93. The van der Waals surface area contributed by atoms with Crippen molar-refractivity contribution in [2.45, 2.75) is 38.5 Å². The van der Waals surface area contributed by atoms with Crippen LogP contribution in [0.4, 0.5) is 10.5 Å². The van der Waals surface area contributed by atoms with E-state index in [2.05, 4.69) is 21.2 Å². The third-order valence-corrected chi connectivity index (χ3v) is 4.75. The minimum Gasteiger partial charge on any atom is -0.444 e. The number of hydrogen-bond donors (Lipinski definition) is 1. The van der Waals surface area contributed by atoms with Gasteiger partial charge >= 0.3 is 6.09 Å². The van der Waals surface area contributed by atoms with Crippen LogP contribution in [-0.4, -0.2) is 17.6 Å². The van der Waals surface area contributed by atoms with Crippen LogP contribution in [0, 0.1) is 11.3 Å². The number of carbonyl (C=O) groups excluding carboxylic acids is 2. The molecule has 3 rings (SSSR count). The number of nitrogens with one attached hydrogen (secondary N) is 1. The molecule has 28 heavy (non-hydrogen) atoms. The predicted octanol–water partition coefficient (Wildman–Crippen LogP) is 4.24. The normalized spacial score (nSPS) is 18.4. The molecule has 1 aliphatic rings. The zero-order chi connectivity index (χ0) is 20.5. The Bertz CT molecular complexity index is 963. The second-order valence-electron chi connectivity index (χ2n) is 7.53. The molecule has 0 aromatic heterocycles. The van der Waals surface area contributed by atoms with Crippen molar-refractivity contribution in [3.8, 4) is 6.07 Å². The number of halogens is 1. The highest BCUT2D eigenvalue weighted by Crippen LogP contribution is 2.42. The SMILES string of the molecule is CC(C)(C)OC(=O)N[C@]1(C#N)C(=O)N(Cc2ccccc2)c2cc(Br)ccc21. The Morgan fingerprint density at radius 2 is 1.93 bits per heavy atom. The van der Waals surface area contributed by atoms with Crippen LogP contribution in [0.2, 0.25) is 0 Å². The van der Waals surface area contributed by atoms with E-state index in [4.69, 9.17) is 4.74 Å². The molecule has 2 aromatic carbocycles. The van der Waals surface area contributed by atoms with Gasteiger partial charge in [-0.05, 0) is 38.5 Å². The summed E-state index contributed by atoms with van der Waals surface area (Å²) in [4.78, 5) is 27.3. The van der Waals surface area contributed by atoms with Gasteiger partial charge in [-0.15, -0.1) is 0 Å². The Labute approximate surface area is 172 Å². The average Bonchev–Trinajstić information content (AvgIpc) is 2.83. The largest absolute Gasteiger partial charge is 0.444 e. The van der Waals surface area contributed by atoms with Crippen LogP contribution in [-0.2, 0) is 21.6 Å². The molecule has 6 nitrogen and oxygen atoms in total. The number of fused-ring (bicyclic) bond motifs is 1. The highest BCUT2D eigenvalue weighted by atomic mass is 79.9. The molecular weight excluding hydrogens is 422 g/mol. The molecular formula is C21H20BrN3O3. The molecule has 0 saturated heterocycles. The van der Waals surface area contributed by atoms with Crippen LogP contribution in [0.1, 0.15) is 31.9 Å². The van der Waals surface area contributed by atoms with Crippen LogP contribution in [0.5, 0.6) is 0 Å². The summed E-state index contributed by atoms with van der Waals surface area (Å²) in [6.45, 7) is 5.43. The van der Waals surface area contributed by atoms with E-state index in [1.54, 1.807) is 39.0 Å². The molecule has 0 spiro atoms. The Morgan fingerprint density at radius 3 is 2.54 bits per heavy atom. The van der Waals surface area contributed by atoms with Crippen LogP contribution in [0.3, 0.4) is 0 Å². The molecule has 7 heteroatoms. The molecule has 0 aliphatic carbocycles. The van der Waals surface area contributed by atoms with Gasteiger partial charge in [0, 0.05) is 10.0 Å². The predicted molar refractivity (Wildman–Crippen MR) is 108 cm³/mol. The van der Waals surface area contributed by atoms with Crippen molar-refractivity contribution in [2.24, 2.45) is 0 Å². The number of hydrogen-bond acceptors (Lipinski definition) is 4. The van der Waals surface area contributed by atoms with Crippen molar-refractivity contribution in [3.63, 3.8) is 0 Å². The highest BCUT2D eigenvalue weighted by Gasteiger charge is 2.53. The summed E-state index contributed by atoms with van der Waals surface area (Å²) >= 11 is 3.41. The number of alkyl carbamates (subject to hydrolysis) is 1. The van der Waals surface area contributed by atoms with E-state index in [1.165, 1.54) is 4.90 Å². The maximum atomic E-state index is 13.4. The Kier molecular flexibility index (Phi) is 5.18. The first-order valence-corrected chi connectivity index (χ1v) is 9.54. The fourth-order valence-corrected chi connectivity index (χ4v) is 3.46. The number of ether oxygens (including phenoxy) is 1. The fourth-order valence-electron chi connectivity index (χ4n) is 3.11. The van der Waals surface area contributed by atoms with Crippen molar-refractivity contribution in [3.05, 3.63) is 64.1 Å². The van der Waals surface area contributed by atoms with Gasteiger partial charge in [0.05, 0.1) is 12.2 Å². The van der Waals surface area contributed by atoms with E-state index >= 15 is 0 Å². The quantitative estimate of drug-likeness (QED) is 0.771. The number of nitriles is 1. The smallest absolute Gasteiger partial charge is 0.409 e. The summed E-state index contributed by atoms with van der Waals surface area (Å²) in [5.41, 5.74) is -0.694. The van der Waals surface area contributed by atoms with Crippen LogP contribution in [0.25, 0.3) is 0 Å². The lowest BCUT2D eigenvalue weighted by Gasteiger charge is -2.26. The first-order valence-electron chi connectivity index (χ1n) is 8.74. The van der Waals surface area contributed by atoms with Gasteiger partial charge in [-0.25, -0.2) is 4.79 Å². The van der Waals surface area contributed by atoms with E-state index in [-0.39, 0.29) is 6.54 Å². The number of benzene rings is 2. The molecule has 0 saturated carbocycles. The summed E-state index contributed by atoms with van der Waals surface area (Å²) in [7, 11) is 0. The minimum atomic E-state index is -1.84. The Morgan fingerprint density at radius 1 is 1.25 bits per heavy atom. The summed E-state index contributed by atoms with van der Waals surface area (Å²) in [5, 5.41) is 12.5. The van der Waals surface area contributed by atoms with Crippen molar-refractivity contribution >= 4 is 33.6 Å². The molecule has 1 atom stereocenters. The maximum absolute atomic E-state index is 13.4. The Balaban J connectivity index is 2.03. The van der Waals surface area contributed by atoms with Gasteiger partial charge in [0.2, 0.25) is 5.54 Å². The number of nitrogens with zero attached hydrogens (tertiary/aromatic N) is 2. The molecule has 1 heterocycles. The summed E-state index contributed by atoms with van der Waals surface area (Å²) < 4.78 is 6.05. The summed E-state index contributed by atoms with van der Waals surface area (Å²) in [5.74, 6) is -0.516. The van der Waals surface area contributed by atoms with Gasteiger partial charge in [0.15, 0.2) is 0 Å². The fraction of sp³-hybridized carbons (Fsp3) is 0.286. The number of carbonyl (C=O) groups is 2. The standard InChI is InChI=1S/C21H20BrN3O3/c1-20(2,3)28-19(27)24-21(13-23)16-10-9-15(22)11-17(16)25(18(21)26)12-14-7-5-4-6-8-14/h4-11H,12H2,1-3H3,(H,24,27)/t21-/m0/s1. The minimum absolute atomic E-state index is 0.280. The topological polar surface area (TPSA) is 82.4 Å². The third-order valence-electron chi connectivity index (χ3n) is 4.26. The van der Waals surface area contributed by atoms with Gasteiger partial charge < -0.3 is 9.64 Å². The monoisotopic (exact) mass is 441 g/mol. The highest BCUT2D eigenvalue weighted by molar-refractivity contribution is 9.10. The summed E-state index contributed by atoms with van der Waals surface area (Å²) in [6.07, 6.45) is -0.821. The first kappa shape index (κ1) is 19.9. The van der Waals surface area contributed by atoms with Crippen molar-refractivity contribution < 1.29 is 14.3 Å². The second-order valence-corrected chi connectivity index (χ2v) is 8.44. The molecule has 1 N–H and O–H groups in total. The number of rotatable bonds is 3. The third kappa shape index (κ3) is 3.73. The Hall–Kier alpha value is -2.85. The van der Waals surface area contributed by atoms with Crippen LogP contribution in [0.15, 0.2) is 53.0 Å². The van der Waals surface area contributed by atoms with E-state index in [9.17, 15) is 14.9 Å². The molecule has 0 radical (unpaired) electrons. The van der Waals surface area contributed by atoms with Gasteiger partial charge in [0.1, 0.15) is 11.7 Å². The van der Waals surface area contributed by atoms with Gasteiger partial charge in [0.25, 0.3) is 5.91 Å². The lowest BCUT2D eigenvalue weighted by Crippen LogP contribution is -2.53. The van der Waals surface area contributed by atoms with E-state index in [0.717, 1.165) is 10.0 Å². The maximum Gasteiger partial charge on any atom is 0.409 e. The van der Waals surface area contributed by atoms with Crippen LogP contribution >= 0.6 is 15.9 Å². The van der Waals surface area contributed by atoms with Crippen molar-refractivity contribution in [1.29, 1.82) is 5.26 Å². The summed E-state index contributed by atoms with van der Waals surface area (Å²) in [6, 6.07) is 16.7. The van der Waals surface area contributed by atoms with E-state index in [0.29, 0.717) is 11.3 Å². The second kappa shape index (κ2) is 7.28. The molecule has 144 valence electrons. The van der Waals surface area contributed by atoms with E-state index in [1.807, 2.05) is 36.4 Å². The molecule has 0 unspecified atom stereocenters. The van der Waals surface area contributed by atoms with Gasteiger partial charge in [-0.2, -0.15) is 5.26 Å². The van der Waals surface area contributed by atoms with Crippen LogP contribution < -0.4 is 10.2 Å². The van der Waals surface area contributed by atoms with E-state index < -0.39 is 23.1 Å². The van der Waals surface area contributed by atoms with Gasteiger partial charge in [-0.1, -0.05) is 52.3 Å². The molecule has 2 amide bonds. The first-order chi connectivity index (χ1) is 13.2. The molecule has 1 aliphatic heterocycles. The molecule has 2 aromatic rings. The average molecular weight is 442 g/mol. The lowest BCUT2D eigenvalue weighted by molar-refractivity contribution is -0.122. The number of anilines is 1. The van der Waals surface area contributed by atoms with Crippen molar-refractivity contribution in [1.82, 2.24) is 5.32 Å². The van der Waals surface area contributed by atoms with Gasteiger partial charge in [-0.3, -0.25) is 10.1 Å². The zero-order valence-electron chi connectivity index (χ0n) is 15.8.